The molecular formula is C22H29N3O. The van der Waals surface area contributed by atoms with Crippen LogP contribution in [-0.4, -0.2) is 38.0 Å². The summed E-state index contributed by atoms with van der Waals surface area (Å²) in [7, 11) is 4.14. The largest absolute Gasteiger partial charge is 0.385 e. The summed E-state index contributed by atoms with van der Waals surface area (Å²) in [6, 6.07) is 14.6. The summed E-state index contributed by atoms with van der Waals surface area (Å²) >= 11 is 0. The number of carbonyl (C=O) groups is 1. The predicted molar refractivity (Wildman–Crippen MR) is 108 cm³/mol. The minimum absolute atomic E-state index is 0.0151. The smallest absolute Gasteiger partial charge is 0.251 e. The highest BCUT2D eigenvalue weighted by atomic mass is 16.1. The lowest BCUT2D eigenvalue weighted by molar-refractivity contribution is 0.0954. The molecule has 0 aromatic heterocycles. The van der Waals surface area contributed by atoms with Crippen LogP contribution in [0.3, 0.4) is 0 Å². The van der Waals surface area contributed by atoms with Crippen molar-refractivity contribution >= 4 is 11.6 Å². The lowest BCUT2D eigenvalue weighted by Gasteiger charge is -2.11. The second kappa shape index (κ2) is 8.86. The zero-order valence-electron chi connectivity index (χ0n) is 15.8. The van der Waals surface area contributed by atoms with E-state index in [1.165, 1.54) is 35.2 Å². The number of carbonyl (C=O) groups excluding carboxylic acids is 1. The van der Waals surface area contributed by atoms with Gasteiger partial charge in [-0.15, -0.1) is 0 Å². The molecule has 0 saturated heterocycles. The molecule has 0 aliphatic carbocycles. The molecule has 1 amide bonds. The Morgan fingerprint density at radius 3 is 2.62 bits per heavy atom. The van der Waals surface area contributed by atoms with E-state index in [0.29, 0.717) is 6.54 Å². The molecule has 26 heavy (non-hydrogen) atoms. The van der Waals surface area contributed by atoms with Crippen LogP contribution in [0, 0.1) is 0 Å². The molecule has 1 heterocycles. The Bertz CT molecular complexity index is 738. The van der Waals surface area contributed by atoms with Gasteiger partial charge in [-0.2, -0.15) is 0 Å². The topological polar surface area (TPSA) is 44.4 Å². The SMILES string of the molecule is CN(C)Cc1ccc(CCNC(=O)c2ccc3c(c2)CCCCN3)cc1. The van der Waals surface area contributed by atoms with Crippen LogP contribution in [0.2, 0.25) is 0 Å². The van der Waals surface area contributed by atoms with Gasteiger partial charge in [-0.25, -0.2) is 0 Å². The van der Waals surface area contributed by atoms with Gasteiger partial charge in [0.1, 0.15) is 0 Å². The number of nitrogens with one attached hydrogen (secondary N) is 2. The monoisotopic (exact) mass is 351 g/mol. The number of amides is 1. The van der Waals surface area contributed by atoms with E-state index in [-0.39, 0.29) is 5.91 Å². The first kappa shape index (κ1) is 18.5. The zero-order valence-corrected chi connectivity index (χ0v) is 15.8. The van der Waals surface area contributed by atoms with Gasteiger partial charge in [-0.05, 0) is 74.7 Å². The van der Waals surface area contributed by atoms with Crippen molar-refractivity contribution in [2.24, 2.45) is 0 Å². The van der Waals surface area contributed by atoms with E-state index in [1.807, 2.05) is 18.2 Å². The molecule has 2 aromatic rings. The lowest BCUT2D eigenvalue weighted by Crippen LogP contribution is -2.25. The summed E-state index contributed by atoms with van der Waals surface area (Å²) in [6.07, 6.45) is 4.25. The van der Waals surface area contributed by atoms with Crippen molar-refractivity contribution in [1.29, 1.82) is 0 Å². The standard InChI is InChI=1S/C22H29N3O/c1-25(2)16-18-8-6-17(7-9-18)12-14-24-22(26)20-10-11-21-19(15-20)5-3-4-13-23-21/h6-11,15,23H,3-5,12-14,16H2,1-2H3,(H,24,26). The third-order valence-electron chi connectivity index (χ3n) is 4.78. The van der Waals surface area contributed by atoms with E-state index in [1.54, 1.807) is 0 Å². The summed E-state index contributed by atoms with van der Waals surface area (Å²) in [5, 5.41) is 6.49. The molecule has 0 bridgehead atoms. The van der Waals surface area contributed by atoms with E-state index in [2.05, 4.69) is 53.9 Å². The average Bonchev–Trinajstić information content (AvgIpc) is 2.87. The summed E-state index contributed by atoms with van der Waals surface area (Å²) in [4.78, 5) is 14.6. The van der Waals surface area contributed by atoms with E-state index in [9.17, 15) is 4.79 Å². The van der Waals surface area contributed by atoms with E-state index in [0.717, 1.165) is 31.5 Å². The fourth-order valence-electron chi connectivity index (χ4n) is 3.38. The maximum atomic E-state index is 12.4. The number of anilines is 1. The molecule has 0 spiro atoms. The van der Waals surface area contributed by atoms with Gasteiger partial charge in [0, 0.05) is 30.9 Å². The van der Waals surface area contributed by atoms with Crippen LogP contribution >= 0.6 is 0 Å². The fourth-order valence-corrected chi connectivity index (χ4v) is 3.38. The highest BCUT2D eigenvalue weighted by Crippen LogP contribution is 2.22. The molecule has 3 rings (SSSR count). The molecule has 4 heteroatoms. The molecule has 1 aliphatic rings. The Balaban J connectivity index is 1.52. The first-order valence-electron chi connectivity index (χ1n) is 9.49. The van der Waals surface area contributed by atoms with Crippen molar-refractivity contribution in [2.75, 3.05) is 32.5 Å². The summed E-state index contributed by atoms with van der Waals surface area (Å²) < 4.78 is 0. The number of fused-ring (bicyclic) bond motifs is 1. The van der Waals surface area contributed by atoms with Gasteiger partial charge < -0.3 is 15.5 Å². The molecule has 0 atom stereocenters. The normalized spacial score (nSPS) is 13.7. The lowest BCUT2D eigenvalue weighted by atomic mass is 10.0. The number of aryl methyl sites for hydroxylation is 1. The van der Waals surface area contributed by atoms with Crippen molar-refractivity contribution in [3.8, 4) is 0 Å². The summed E-state index contributed by atoms with van der Waals surface area (Å²) in [6.45, 7) is 2.62. The second-order valence-electron chi connectivity index (χ2n) is 7.32. The maximum absolute atomic E-state index is 12.4. The fraction of sp³-hybridized carbons (Fsp3) is 0.409. The van der Waals surface area contributed by atoms with Crippen molar-refractivity contribution in [1.82, 2.24) is 10.2 Å². The van der Waals surface area contributed by atoms with Crippen LogP contribution in [0.25, 0.3) is 0 Å². The van der Waals surface area contributed by atoms with Gasteiger partial charge in [0.05, 0.1) is 0 Å². The molecule has 0 radical (unpaired) electrons. The van der Waals surface area contributed by atoms with E-state index in [4.69, 9.17) is 0 Å². The first-order valence-corrected chi connectivity index (χ1v) is 9.49. The van der Waals surface area contributed by atoms with Crippen LogP contribution in [0.15, 0.2) is 42.5 Å². The highest BCUT2D eigenvalue weighted by Gasteiger charge is 2.11. The second-order valence-corrected chi connectivity index (χ2v) is 7.32. The van der Waals surface area contributed by atoms with Crippen LogP contribution in [0.1, 0.15) is 39.9 Å². The quantitative estimate of drug-likeness (QED) is 0.838. The molecule has 0 saturated carbocycles. The third-order valence-corrected chi connectivity index (χ3v) is 4.78. The highest BCUT2D eigenvalue weighted by molar-refractivity contribution is 5.94. The molecule has 138 valence electrons. The number of nitrogens with zero attached hydrogens (tertiary/aromatic N) is 1. The van der Waals surface area contributed by atoms with Crippen molar-refractivity contribution in [3.63, 3.8) is 0 Å². The average molecular weight is 351 g/mol. The molecule has 0 unspecified atom stereocenters. The zero-order chi connectivity index (χ0) is 18.4. The van der Waals surface area contributed by atoms with Gasteiger partial charge in [0.25, 0.3) is 5.91 Å². The Morgan fingerprint density at radius 2 is 1.85 bits per heavy atom. The molecule has 2 aromatic carbocycles. The number of hydrogen-bond acceptors (Lipinski definition) is 3. The Morgan fingerprint density at radius 1 is 1.08 bits per heavy atom. The van der Waals surface area contributed by atoms with Crippen molar-refractivity contribution in [3.05, 3.63) is 64.7 Å². The molecule has 2 N–H and O–H groups in total. The minimum atomic E-state index is 0.0151. The summed E-state index contributed by atoms with van der Waals surface area (Å²) in [5.74, 6) is 0.0151. The van der Waals surface area contributed by atoms with Gasteiger partial charge in [-0.3, -0.25) is 4.79 Å². The van der Waals surface area contributed by atoms with Crippen LogP contribution in [-0.2, 0) is 19.4 Å². The minimum Gasteiger partial charge on any atom is -0.385 e. The third kappa shape index (κ3) is 5.09. The Hall–Kier alpha value is -2.33. The van der Waals surface area contributed by atoms with Gasteiger partial charge >= 0.3 is 0 Å². The molecule has 4 nitrogen and oxygen atoms in total. The van der Waals surface area contributed by atoms with E-state index < -0.39 is 0 Å². The van der Waals surface area contributed by atoms with Crippen molar-refractivity contribution < 1.29 is 4.79 Å². The van der Waals surface area contributed by atoms with Gasteiger partial charge in [-0.1, -0.05) is 24.3 Å². The Kier molecular flexibility index (Phi) is 6.29. The van der Waals surface area contributed by atoms with Crippen molar-refractivity contribution in [2.45, 2.75) is 32.2 Å². The predicted octanol–water partition coefficient (Wildman–Crippen LogP) is 3.47. The number of hydrogen-bond donors (Lipinski definition) is 2. The van der Waals surface area contributed by atoms with Crippen LogP contribution in [0.5, 0.6) is 0 Å². The van der Waals surface area contributed by atoms with E-state index >= 15 is 0 Å². The molecule has 1 aliphatic heterocycles. The van der Waals surface area contributed by atoms with Crippen LogP contribution in [0.4, 0.5) is 5.69 Å². The maximum Gasteiger partial charge on any atom is 0.251 e. The Labute approximate surface area is 156 Å². The van der Waals surface area contributed by atoms with Gasteiger partial charge in [0.15, 0.2) is 0 Å². The molecular weight excluding hydrogens is 322 g/mol. The number of benzene rings is 2. The summed E-state index contributed by atoms with van der Waals surface area (Å²) in [5.41, 5.74) is 5.75. The number of rotatable bonds is 6. The molecule has 0 fully saturated rings. The van der Waals surface area contributed by atoms with Crippen LogP contribution < -0.4 is 10.6 Å². The van der Waals surface area contributed by atoms with Gasteiger partial charge in [0.2, 0.25) is 0 Å². The first-order chi connectivity index (χ1) is 12.6.